The van der Waals surface area contributed by atoms with Gasteiger partial charge in [-0.05, 0) is 12.1 Å². The van der Waals surface area contributed by atoms with E-state index < -0.39 is 31.0 Å². The number of nitrogens with one attached hydrogen (secondary N) is 1. The molecule has 0 fully saturated rings. The van der Waals surface area contributed by atoms with Gasteiger partial charge in [-0.25, -0.2) is 4.98 Å². The SMILES string of the molecule is OCC(O)[C@@H](O)C(O)[C@@H](O)c1nc2cc(Cl)c(Cl)cc2[nH]1. The first-order valence-corrected chi connectivity index (χ1v) is 6.78. The lowest BCUT2D eigenvalue weighted by Crippen LogP contribution is -2.42. The second-order valence-electron chi connectivity index (χ2n) is 4.58. The molecule has 116 valence electrons. The number of hydrogen-bond donors (Lipinski definition) is 6. The number of aliphatic hydroxyl groups excluding tert-OH is 5. The van der Waals surface area contributed by atoms with Gasteiger partial charge < -0.3 is 30.5 Å². The summed E-state index contributed by atoms with van der Waals surface area (Å²) >= 11 is 11.7. The molecular formula is C12H14Cl2N2O5. The summed E-state index contributed by atoms with van der Waals surface area (Å²) in [6.45, 7) is -0.754. The highest BCUT2D eigenvalue weighted by atomic mass is 35.5. The van der Waals surface area contributed by atoms with Crippen LogP contribution in [0.3, 0.4) is 0 Å². The van der Waals surface area contributed by atoms with E-state index in [0.717, 1.165) is 0 Å². The summed E-state index contributed by atoms with van der Waals surface area (Å²) < 4.78 is 0. The molecule has 4 atom stereocenters. The summed E-state index contributed by atoms with van der Waals surface area (Å²) in [7, 11) is 0. The van der Waals surface area contributed by atoms with Crippen molar-refractivity contribution in [3.63, 3.8) is 0 Å². The fourth-order valence-electron chi connectivity index (χ4n) is 1.85. The number of nitrogens with zero attached hydrogens (tertiary/aromatic N) is 1. The van der Waals surface area contributed by atoms with E-state index in [1.807, 2.05) is 0 Å². The van der Waals surface area contributed by atoms with Gasteiger partial charge in [-0.2, -0.15) is 0 Å². The summed E-state index contributed by atoms with van der Waals surface area (Å²) in [5.41, 5.74) is 0.908. The minimum atomic E-state index is -1.74. The number of rotatable bonds is 5. The van der Waals surface area contributed by atoms with Crippen molar-refractivity contribution in [3.8, 4) is 0 Å². The lowest BCUT2D eigenvalue weighted by molar-refractivity contribution is -0.117. The van der Waals surface area contributed by atoms with Crippen LogP contribution < -0.4 is 0 Å². The van der Waals surface area contributed by atoms with Gasteiger partial charge in [0.15, 0.2) is 0 Å². The Labute approximate surface area is 129 Å². The second kappa shape index (κ2) is 6.45. The fourth-order valence-corrected chi connectivity index (χ4v) is 2.17. The third kappa shape index (κ3) is 3.29. The smallest absolute Gasteiger partial charge is 0.140 e. The van der Waals surface area contributed by atoms with E-state index in [4.69, 9.17) is 28.3 Å². The van der Waals surface area contributed by atoms with Crippen molar-refractivity contribution < 1.29 is 25.5 Å². The number of hydrogen-bond acceptors (Lipinski definition) is 6. The fraction of sp³-hybridized carbons (Fsp3) is 0.417. The molecule has 0 radical (unpaired) electrons. The van der Waals surface area contributed by atoms with Crippen molar-refractivity contribution in [2.45, 2.75) is 24.4 Å². The molecule has 0 saturated heterocycles. The first-order valence-electron chi connectivity index (χ1n) is 6.03. The third-order valence-corrected chi connectivity index (χ3v) is 3.80. The van der Waals surface area contributed by atoms with Crippen LogP contribution in [0.5, 0.6) is 0 Å². The van der Waals surface area contributed by atoms with E-state index in [0.29, 0.717) is 16.1 Å². The minimum Gasteiger partial charge on any atom is -0.394 e. The number of aliphatic hydroxyl groups is 5. The number of halogens is 2. The molecular weight excluding hydrogens is 323 g/mol. The van der Waals surface area contributed by atoms with Gasteiger partial charge in [-0.1, -0.05) is 23.2 Å². The van der Waals surface area contributed by atoms with Crippen LogP contribution in [-0.4, -0.2) is 60.4 Å². The molecule has 0 amide bonds. The van der Waals surface area contributed by atoms with Gasteiger partial charge in [0.05, 0.1) is 27.7 Å². The van der Waals surface area contributed by atoms with Crippen molar-refractivity contribution in [3.05, 3.63) is 28.0 Å². The Kier molecular flexibility index (Phi) is 5.05. The summed E-state index contributed by atoms with van der Waals surface area (Å²) in [6.07, 6.45) is -6.64. The van der Waals surface area contributed by atoms with Crippen LogP contribution in [0.15, 0.2) is 12.1 Å². The zero-order chi connectivity index (χ0) is 15.7. The van der Waals surface area contributed by atoms with Crippen LogP contribution in [-0.2, 0) is 0 Å². The Morgan fingerprint density at radius 3 is 2.29 bits per heavy atom. The lowest BCUT2D eigenvalue weighted by atomic mass is 10.0. The highest BCUT2D eigenvalue weighted by Gasteiger charge is 2.32. The van der Waals surface area contributed by atoms with Gasteiger partial charge in [0.1, 0.15) is 30.2 Å². The molecule has 6 N–H and O–H groups in total. The van der Waals surface area contributed by atoms with E-state index in [2.05, 4.69) is 9.97 Å². The molecule has 9 heteroatoms. The standard InChI is InChI=1S/C12H14Cl2N2O5/c13-4-1-6-7(2-5(4)14)16-12(15-6)11(21)10(20)9(19)8(18)3-17/h1-2,8-11,17-21H,3H2,(H,15,16)/t8?,9-,10?,11-/m1/s1. The summed E-state index contributed by atoms with van der Waals surface area (Å²) in [5.74, 6) is -0.0278. The Bertz CT molecular complexity index is 596. The minimum absolute atomic E-state index is 0.0278. The van der Waals surface area contributed by atoms with E-state index in [1.165, 1.54) is 12.1 Å². The molecule has 2 rings (SSSR count). The first-order chi connectivity index (χ1) is 9.85. The third-order valence-electron chi connectivity index (χ3n) is 3.08. The summed E-state index contributed by atoms with van der Waals surface area (Å²) in [6, 6.07) is 2.99. The molecule has 1 aromatic heterocycles. The Morgan fingerprint density at radius 2 is 1.67 bits per heavy atom. The van der Waals surface area contributed by atoms with Crippen molar-refractivity contribution in [1.82, 2.24) is 9.97 Å². The molecule has 0 bridgehead atoms. The van der Waals surface area contributed by atoms with Gasteiger partial charge in [0.25, 0.3) is 0 Å². The van der Waals surface area contributed by atoms with Crippen LogP contribution in [0.25, 0.3) is 11.0 Å². The van der Waals surface area contributed by atoms with Crippen LogP contribution in [0.2, 0.25) is 10.0 Å². The number of benzene rings is 1. The number of fused-ring (bicyclic) bond motifs is 1. The van der Waals surface area contributed by atoms with Crippen LogP contribution >= 0.6 is 23.2 Å². The van der Waals surface area contributed by atoms with Crippen molar-refractivity contribution in [2.75, 3.05) is 6.61 Å². The molecule has 0 aliphatic heterocycles. The number of aromatic nitrogens is 2. The average Bonchev–Trinajstić information content (AvgIpc) is 2.87. The maximum Gasteiger partial charge on any atom is 0.140 e. The van der Waals surface area contributed by atoms with Crippen LogP contribution in [0.4, 0.5) is 0 Å². The van der Waals surface area contributed by atoms with Gasteiger partial charge in [-0.3, -0.25) is 0 Å². The molecule has 7 nitrogen and oxygen atoms in total. The largest absolute Gasteiger partial charge is 0.394 e. The highest BCUT2D eigenvalue weighted by molar-refractivity contribution is 6.42. The van der Waals surface area contributed by atoms with Crippen molar-refractivity contribution >= 4 is 34.2 Å². The molecule has 1 aromatic carbocycles. The van der Waals surface area contributed by atoms with E-state index in [1.54, 1.807) is 0 Å². The number of aromatic amines is 1. The zero-order valence-electron chi connectivity index (χ0n) is 10.6. The van der Waals surface area contributed by atoms with Gasteiger partial charge in [0.2, 0.25) is 0 Å². The molecule has 0 aliphatic carbocycles. The average molecular weight is 337 g/mol. The number of H-pyrrole nitrogens is 1. The molecule has 2 aromatic rings. The van der Waals surface area contributed by atoms with Gasteiger partial charge >= 0.3 is 0 Å². The molecule has 1 heterocycles. The summed E-state index contributed by atoms with van der Waals surface area (Å²) in [5, 5.41) is 47.9. The molecule has 0 spiro atoms. The van der Waals surface area contributed by atoms with Crippen molar-refractivity contribution in [2.24, 2.45) is 0 Å². The zero-order valence-corrected chi connectivity index (χ0v) is 12.1. The molecule has 2 unspecified atom stereocenters. The highest BCUT2D eigenvalue weighted by Crippen LogP contribution is 2.28. The lowest BCUT2D eigenvalue weighted by Gasteiger charge is -2.24. The Morgan fingerprint density at radius 1 is 1.05 bits per heavy atom. The van der Waals surface area contributed by atoms with Crippen molar-refractivity contribution in [1.29, 1.82) is 0 Å². The number of imidazole rings is 1. The monoisotopic (exact) mass is 336 g/mol. The van der Waals surface area contributed by atoms with Crippen LogP contribution in [0.1, 0.15) is 11.9 Å². The summed E-state index contributed by atoms with van der Waals surface area (Å²) in [4.78, 5) is 6.78. The van der Waals surface area contributed by atoms with Gasteiger partial charge in [0, 0.05) is 0 Å². The topological polar surface area (TPSA) is 130 Å². The predicted molar refractivity (Wildman–Crippen MR) is 76.2 cm³/mol. The molecule has 0 saturated carbocycles. The van der Waals surface area contributed by atoms with E-state index >= 15 is 0 Å². The second-order valence-corrected chi connectivity index (χ2v) is 5.40. The predicted octanol–water partition coefficient (Wildman–Crippen LogP) is -0.0219. The Hall–Kier alpha value is -0.930. The Balaban J connectivity index is 2.28. The quantitative estimate of drug-likeness (QED) is 0.455. The first kappa shape index (κ1) is 16.4. The maximum atomic E-state index is 9.98. The van der Waals surface area contributed by atoms with E-state index in [9.17, 15) is 20.4 Å². The molecule has 21 heavy (non-hydrogen) atoms. The maximum absolute atomic E-state index is 9.98. The van der Waals surface area contributed by atoms with Gasteiger partial charge in [-0.15, -0.1) is 0 Å². The van der Waals surface area contributed by atoms with E-state index in [-0.39, 0.29) is 10.8 Å². The molecule has 0 aliphatic rings. The van der Waals surface area contributed by atoms with Crippen LogP contribution in [0, 0.1) is 0 Å². The normalized spacial score (nSPS) is 17.7.